The average molecular weight is 427 g/mol. The summed E-state index contributed by atoms with van der Waals surface area (Å²) in [5, 5.41) is 10.9. The van der Waals surface area contributed by atoms with Crippen molar-refractivity contribution in [1.82, 2.24) is 0 Å². The summed E-state index contributed by atoms with van der Waals surface area (Å²) in [4.78, 5) is 16.2. The molecule has 0 radical (unpaired) electrons. The molecule has 6 nitrogen and oxygen atoms in total. The van der Waals surface area contributed by atoms with Gasteiger partial charge in [0.2, 0.25) is 0 Å². The molecule has 1 aromatic carbocycles. The molecular weight excluding hydrogens is 392 g/mol. The van der Waals surface area contributed by atoms with Crippen LogP contribution in [0, 0.1) is 22.7 Å². The molecule has 0 aromatic heterocycles. The summed E-state index contributed by atoms with van der Waals surface area (Å²) in [6.07, 6.45) is 4.40. The van der Waals surface area contributed by atoms with Crippen LogP contribution in [0.3, 0.4) is 0 Å². The van der Waals surface area contributed by atoms with Crippen molar-refractivity contribution < 1.29 is 19.4 Å². The molecule has 1 aromatic rings. The zero-order chi connectivity index (χ0) is 22.3. The molecule has 1 spiro atoms. The zero-order valence-corrected chi connectivity index (χ0v) is 19.2. The van der Waals surface area contributed by atoms with E-state index in [0.29, 0.717) is 18.3 Å². The second kappa shape index (κ2) is 6.39. The zero-order valence-electron chi connectivity index (χ0n) is 19.2. The Labute approximate surface area is 184 Å². The van der Waals surface area contributed by atoms with Crippen LogP contribution in [0.2, 0.25) is 0 Å². The number of hydrogen-bond acceptors (Lipinski definition) is 6. The van der Waals surface area contributed by atoms with Gasteiger partial charge in [0.05, 0.1) is 6.54 Å². The first-order valence-corrected chi connectivity index (χ1v) is 11.6. The van der Waals surface area contributed by atoms with Crippen molar-refractivity contribution in [3.05, 3.63) is 22.8 Å². The van der Waals surface area contributed by atoms with Crippen molar-refractivity contribution in [3.8, 4) is 11.5 Å². The van der Waals surface area contributed by atoms with E-state index in [1.807, 2.05) is 0 Å². The van der Waals surface area contributed by atoms with Crippen LogP contribution in [0.5, 0.6) is 11.5 Å². The summed E-state index contributed by atoms with van der Waals surface area (Å²) in [7, 11) is 0. The van der Waals surface area contributed by atoms with Crippen LogP contribution in [0.15, 0.2) is 11.1 Å². The summed E-state index contributed by atoms with van der Waals surface area (Å²) in [6.45, 7) is 11.1. The van der Waals surface area contributed by atoms with Gasteiger partial charge in [-0.25, -0.2) is 0 Å². The summed E-state index contributed by atoms with van der Waals surface area (Å²) >= 11 is 0. The number of aliphatic imine (C=N–C) groups is 1. The fraction of sp³-hybridized carbons (Fsp3) is 0.680. The molecule has 4 aliphatic rings. The molecule has 0 saturated heterocycles. The Morgan fingerprint density at radius 2 is 2.00 bits per heavy atom. The van der Waals surface area contributed by atoms with E-state index in [1.54, 1.807) is 6.07 Å². The Kier molecular flexibility index (Phi) is 4.26. The van der Waals surface area contributed by atoms with Gasteiger partial charge in [0.15, 0.2) is 0 Å². The van der Waals surface area contributed by atoms with Crippen LogP contribution >= 0.6 is 0 Å². The number of ether oxygens (including phenoxy) is 2. The summed E-state index contributed by atoms with van der Waals surface area (Å²) in [5.41, 5.74) is 8.07. The van der Waals surface area contributed by atoms with Gasteiger partial charge in [0.1, 0.15) is 29.0 Å². The number of rotatable bonds is 1. The van der Waals surface area contributed by atoms with Gasteiger partial charge >= 0.3 is 5.97 Å². The molecule has 5 atom stereocenters. The van der Waals surface area contributed by atoms with Crippen LogP contribution in [0.1, 0.15) is 77.0 Å². The number of aromatic hydroxyl groups is 1. The largest absolute Gasteiger partial charge is 0.508 e. The molecule has 2 fully saturated rings. The fourth-order valence-electron chi connectivity index (χ4n) is 7.34. The Morgan fingerprint density at radius 3 is 2.71 bits per heavy atom. The number of amidine groups is 1. The lowest BCUT2D eigenvalue weighted by Gasteiger charge is -2.67. The molecule has 2 aliphatic heterocycles. The topological polar surface area (TPSA) is 94.1 Å². The van der Waals surface area contributed by atoms with Crippen LogP contribution in [0.25, 0.3) is 0 Å². The molecule has 0 unspecified atom stereocenters. The van der Waals surface area contributed by atoms with Crippen LogP contribution < -0.4 is 10.5 Å². The molecule has 31 heavy (non-hydrogen) atoms. The van der Waals surface area contributed by atoms with Crippen LogP contribution in [0.4, 0.5) is 0 Å². The molecule has 2 saturated carbocycles. The quantitative estimate of drug-likeness (QED) is 0.660. The highest BCUT2D eigenvalue weighted by atomic mass is 16.5. The molecule has 168 valence electrons. The Morgan fingerprint density at radius 1 is 1.26 bits per heavy atom. The van der Waals surface area contributed by atoms with Crippen molar-refractivity contribution in [2.24, 2.45) is 33.4 Å². The second-order valence-corrected chi connectivity index (χ2v) is 11.0. The predicted molar refractivity (Wildman–Crippen MR) is 118 cm³/mol. The third-order valence-corrected chi connectivity index (χ3v) is 9.29. The van der Waals surface area contributed by atoms with E-state index in [1.165, 1.54) is 6.92 Å². The molecule has 0 bridgehead atoms. The Hall–Kier alpha value is -2.24. The summed E-state index contributed by atoms with van der Waals surface area (Å²) < 4.78 is 12.9. The fourth-order valence-corrected chi connectivity index (χ4v) is 7.34. The lowest BCUT2D eigenvalue weighted by molar-refractivity contribution is -0.238. The lowest BCUT2D eigenvalue weighted by atomic mass is 9.43. The van der Waals surface area contributed by atoms with Crippen molar-refractivity contribution in [1.29, 1.82) is 0 Å². The number of fused-ring (bicyclic) bond motifs is 3. The SMILES string of the molecule is CC(=O)O[C@H]1CC[C@@]23Oc4c(c(O)cc5c4CN=C5N)C[C@]2(C)[C@@H](C)CC[C@H]3C1(C)C. The molecule has 0 amide bonds. The minimum Gasteiger partial charge on any atom is -0.508 e. The van der Waals surface area contributed by atoms with Gasteiger partial charge in [0.25, 0.3) is 0 Å². The normalized spacial score (nSPS) is 37.5. The van der Waals surface area contributed by atoms with E-state index in [4.69, 9.17) is 15.2 Å². The highest BCUT2D eigenvalue weighted by Crippen LogP contribution is 2.67. The Balaban J connectivity index is 1.66. The van der Waals surface area contributed by atoms with E-state index in [9.17, 15) is 9.90 Å². The lowest BCUT2D eigenvalue weighted by Crippen LogP contribution is -2.70. The highest BCUT2D eigenvalue weighted by Gasteiger charge is 2.68. The smallest absolute Gasteiger partial charge is 0.302 e. The van der Waals surface area contributed by atoms with E-state index in [-0.39, 0.29) is 40.2 Å². The summed E-state index contributed by atoms with van der Waals surface area (Å²) in [5.74, 6) is 1.99. The standard InChI is InChI=1S/C25H34N2O4/c1-13-6-7-19-23(3,4)20(30-14(2)28)8-9-25(19)24(13,5)11-16-18(29)10-15-17(21(16)31-25)12-27-22(15)26/h10,13,19-20,29H,6-9,11-12H2,1-5H3,(H2,26,27)/t13-,19-,20-,24+,25-/m0/s1. The number of phenols is 1. The number of hydrogen-bond donors (Lipinski definition) is 2. The van der Waals surface area contributed by atoms with Gasteiger partial charge in [-0.2, -0.15) is 0 Å². The van der Waals surface area contributed by atoms with Gasteiger partial charge in [0, 0.05) is 40.4 Å². The van der Waals surface area contributed by atoms with Gasteiger partial charge in [-0.15, -0.1) is 0 Å². The number of nitrogens with zero attached hydrogens (tertiary/aromatic N) is 1. The maximum Gasteiger partial charge on any atom is 0.302 e. The first-order valence-electron chi connectivity index (χ1n) is 11.6. The number of esters is 1. The Bertz CT molecular complexity index is 1000. The number of carbonyl (C=O) groups excluding carboxylic acids is 1. The van der Waals surface area contributed by atoms with E-state index >= 15 is 0 Å². The minimum atomic E-state index is -0.378. The molecular formula is C25H34N2O4. The van der Waals surface area contributed by atoms with Gasteiger partial charge < -0.3 is 20.3 Å². The van der Waals surface area contributed by atoms with Crippen molar-refractivity contribution in [2.75, 3.05) is 0 Å². The molecule has 2 heterocycles. The van der Waals surface area contributed by atoms with Gasteiger partial charge in [-0.3, -0.25) is 9.79 Å². The molecule has 2 aliphatic carbocycles. The predicted octanol–water partition coefficient (Wildman–Crippen LogP) is 4.09. The van der Waals surface area contributed by atoms with E-state index in [0.717, 1.165) is 54.5 Å². The maximum absolute atomic E-state index is 11.8. The number of carbonyl (C=O) groups is 1. The van der Waals surface area contributed by atoms with Crippen molar-refractivity contribution in [3.63, 3.8) is 0 Å². The third kappa shape index (κ3) is 2.56. The first kappa shape index (κ1) is 20.7. The van der Waals surface area contributed by atoms with E-state index in [2.05, 4.69) is 32.7 Å². The van der Waals surface area contributed by atoms with Crippen molar-refractivity contribution >= 4 is 11.8 Å². The monoisotopic (exact) mass is 426 g/mol. The number of benzene rings is 1. The average Bonchev–Trinajstić information content (AvgIpc) is 3.05. The number of phenolic OH excluding ortho intramolecular Hbond substituents is 1. The van der Waals surface area contributed by atoms with Crippen LogP contribution in [-0.4, -0.2) is 28.6 Å². The molecule has 3 N–H and O–H groups in total. The number of nitrogens with two attached hydrogens (primary N) is 1. The van der Waals surface area contributed by atoms with Crippen molar-refractivity contribution in [2.45, 2.75) is 85.0 Å². The minimum absolute atomic E-state index is 0.114. The van der Waals surface area contributed by atoms with Gasteiger partial charge in [-0.05, 0) is 44.1 Å². The van der Waals surface area contributed by atoms with E-state index < -0.39 is 0 Å². The molecule has 6 heteroatoms. The first-order chi connectivity index (χ1) is 14.5. The molecule has 5 rings (SSSR count). The second-order valence-electron chi connectivity index (χ2n) is 11.0. The van der Waals surface area contributed by atoms with Crippen LogP contribution in [-0.2, 0) is 22.5 Å². The summed E-state index contributed by atoms with van der Waals surface area (Å²) in [6, 6.07) is 1.76. The third-order valence-electron chi connectivity index (χ3n) is 9.29. The van der Waals surface area contributed by atoms with Gasteiger partial charge in [-0.1, -0.05) is 27.7 Å². The highest BCUT2D eigenvalue weighted by molar-refractivity contribution is 6.02. The maximum atomic E-state index is 11.8.